The maximum atomic E-state index is 10.4. The summed E-state index contributed by atoms with van der Waals surface area (Å²) >= 11 is 0. The molecule has 6 heteroatoms. The summed E-state index contributed by atoms with van der Waals surface area (Å²) in [5.74, 6) is -0.849. The third-order valence-corrected chi connectivity index (χ3v) is 4.42. The predicted molar refractivity (Wildman–Crippen MR) is 109 cm³/mol. The molecule has 1 heterocycles. The molecule has 0 aromatic heterocycles. The normalized spacial score (nSPS) is 25.5. The Hall–Kier alpha value is -1.73. The number of ether oxygens (including phenoxy) is 1. The Bertz CT molecular complexity index is 551. The van der Waals surface area contributed by atoms with Gasteiger partial charge in [0.2, 0.25) is 0 Å². The number of aliphatic hydroxyl groups is 3. The monoisotopic (exact) mass is 394 g/mol. The van der Waals surface area contributed by atoms with Crippen LogP contribution >= 0.6 is 0 Å². The Labute approximate surface area is 167 Å². The van der Waals surface area contributed by atoms with Crippen molar-refractivity contribution in [1.29, 1.82) is 0 Å². The molecule has 1 rings (SSSR count). The molecule has 1 aliphatic rings. The summed E-state index contributed by atoms with van der Waals surface area (Å²) in [6.07, 6.45) is 15.1. The van der Waals surface area contributed by atoms with E-state index in [1.807, 2.05) is 12.2 Å². The second-order valence-electron chi connectivity index (χ2n) is 6.92. The fourth-order valence-electron chi connectivity index (χ4n) is 2.84. The van der Waals surface area contributed by atoms with Crippen molar-refractivity contribution in [2.24, 2.45) is 0 Å². The lowest BCUT2D eigenvalue weighted by atomic mass is 10.0. The molecule has 0 amide bonds. The molecule has 0 bridgehead atoms. The molecule has 0 aromatic rings. The molecule has 0 aliphatic carbocycles. The zero-order chi connectivity index (χ0) is 20.8. The fraction of sp³-hybridized carbons (Fsp3) is 0.591. The number of aliphatic hydroxyl groups excluding tert-OH is 3. The molecule has 5 atom stereocenters. The van der Waals surface area contributed by atoms with Crippen molar-refractivity contribution in [1.82, 2.24) is 0 Å². The van der Waals surface area contributed by atoms with E-state index < -0.39 is 36.5 Å². The standard InChI is InChI=1S/C22H34O6/c1-2-3-4-5-6-9-12-18(24)21-16-19(25)20(28-21)15-14-17(23)11-8-7-10-13-22(26)27/h3-4,6-9,14-15,17-21,23-25H,2,5,10-13,16H2,1H3,(H,26,27)/b4-3-,8-7-,9-6-,15-14+/t17-,18-,19+,20+,21-/m1/s1. The van der Waals surface area contributed by atoms with Crippen molar-refractivity contribution in [3.05, 3.63) is 48.6 Å². The maximum Gasteiger partial charge on any atom is 0.303 e. The van der Waals surface area contributed by atoms with E-state index in [0.29, 0.717) is 25.7 Å². The summed E-state index contributed by atoms with van der Waals surface area (Å²) in [7, 11) is 0. The highest BCUT2D eigenvalue weighted by Gasteiger charge is 2.35. The van der Waals surface area contributed by atoms with Gasteiger partial charge in [-0.25, -0.2) is 0 Å². The highest BCUT2D eigenvalue weighted by atomic mass is 16.5. The molecular formula is C22H34O6. The minimum Gasteiger partial charge on any atom is -0.481 e. The van der Waals surface area contributed by atoms with Crippen molar-refractivity contribution in [2.45, 2.75) is 82.4 Å². The summed E-state index contributed by atoms with van der Waals surface area (Å²) < 4.78 is 5.72. The van der Waals surface area contributed by atoms with Crippen LogP contribution in [0.2, 0.25) is 0 Å². The van der Waals surface area contributed by atoms with Crippen molar-refractivity contribution in [3.63, 3.8) is 0 Å². The second kappa shape index (κ2) is 14.3. The first kappa shape index (κ1) is 24.3. The molecule has 0 spiro atoms. The third kappa shape index (κ3) is 10.6. The average Bonchev–Trinajstić information content (AvgIpc) is 3.03. The van der Waals surface area contributed by atoms with Gasteiger partial charge in [0.1, 0.15) is 6.10 Å². The van der Waals surface area contributed by atoms with Crippen LogP contribution in [0.1, 0.15) is 51.9 Å². The lowest BCUT2D eigenvalue weighted by Crippen LogP contribution is -2.25. The highest BCUT2D eigenvalue weighted by Crippen LogP contribution is 2.25. The number of hydrogen-bond donors (Lipinski definition) is 4. The van der Waals surface area contributed by atoms with Gasteiger partial charge < -0.3 is 25.2 Å². The topological polar surface area (TPSA) is 107 Å². The molecule has 0 radical (unpaired) electrons. The molecule has 0 saturated carbocycles. The molecule has 6 nitrogen and oxygen atoms in total. The van der Waals surface area contributed by atoms with Gasteiger partial charge in [-0.1, -0.05) is 55.5 Å². The van der Waals surface area contributed by atoms with Gasteiger partial charge in [-0.05, 0) is 32.1 Å². The lowest BCUT2D eigenvalue weighted by molar-refractivity contribution is -0.136. The Kier molecular flexibility index (Phi) is 12.4. The number of allylic oxidation sites excluding steroid dienone is 4. The SMILES string of the molecule is CC/C=C\C/C=C\C[C@@H](O)[C@H]1C[C@H](O)[C@H](/C=C/[C@H](O)C/C=C\CCC(=O)O)O1. The summed E-state index contributed by atoms with van der Waals surface area (Å²) in [6, 6.07) is 0. The van der Waals surface area contributed by atoms with Gasteiger partial charge in [0, 0.05) is 12.8 Å². The van der Waals surface area contributed by atoms with Crippen molar-refractivity contribution < 1.29 is 30.0 Å². The lowest BCUT2D eigenvalue weighted by Gasteiger charge is -2.16. The van der Waals surface area contributed by atoms with E-state index in [2.05, 4.69) is 19.1 Å². The van der Waals surface area contributed by atoms with Gasteiger partial charge in [-0.2, -0.15) is 0 Å². The quantitative estimate of drug-likeness (QED) is 0.358. The second-order valence-corrected chi connectivity index (χ2v) is 6.92. The van der Waals surface area contributed by atoms with E-state index in [9.17, 15) is 20.1 Å². The predicted octanol–water partition coefficient (Wildman–Crippen LogP) is 2.90. The van der Waals surface area contributed by atoms with Crippen LogP contribution in [0.5, 0.6) is 0 Å². The third-order valence-electron chi connectivity index (χ3n) is 4.42. The van der Waals surface area contributed by atoms with Crippen molar-refractivity contribution in [2.75, 3.05) is 0 Å². The Balaban J connectivity index is 2.34. The Morgan fingerprint density at radius 2 is 1.82 bits per heavy atom. The number of hydrogen-bond acceptors (Lipinski definition) is 5. The molecule has 0 unspecified atom stereocenters. The van der Waals surface area contributed by atoms with E-state index in [1.54, 1.807) is 24.3 Å². The van der Waals surface area contributed by atoms with Crippen molar-refractivity contribution in [3.8, 4) is 0 Å². The summed E-state index contributed by atoms with van der Waals surface area (Å²) in [4.78, 5) is 10.4. The van der Waals surface area contributed by atoms with E-state index in [0.717, 1.165) is 12.8 Å². The molecule has 1 fully saturated rings. The number of aliphatic carboxylic acids is 1. The molecule has 0 aromatic carbocycles. The van der Waals surface area contributed by atoms with Crippen LogP contribution in [0.15, 0.2) is 48.6 Å². The average molecular weight is 395 g/mol. The van der Waals surface area contributed by atoms with Gasteiger partial charge in [0.15, 0.2) is 0 Å². The summed E-state index contributed by atoms with van der Waals surface area (Å²) in [5.41, 5.74) is 0. The van der Waals surface area contributed by atoms with Crippen molar-refractivity contribution >= 4 is 5.97 Å². The summed E-state index contributed by atoms with van der Waals surface area (Å²) in [5, 5.41) is 38.8. The first-order chi connectivity index (χ1) is 13.4. The van der Waals surface area contributed by atoms with E-state index in [1.165, 1.54) is 0 Å². The van der Waals surface area contributed by atoms with E-state index in [-0.39, 0.29) is 6.42 Å². The largest absolute Gasteiger partial charge is 0.481 e. The van der Waals surface area contributed by atoms with Crippen LogP contribution in [-0.4, -0.2) is 56.9 Å². The van der Waals surface area contributed by atoms with Crippen LogP contribution in [0.3, 0.4) is 0 Å². The molecule has 28 heavy (non-hydrogen) atoms. The fourth-order valence-corrected chi connectivity index (χ4v) is 2.84. The van der Waals surface area contributed by atoms with Gasteiger partial charge in [0.25, 0.3) is 0 Å². The van der Waals surface area contributed by atoms with Gasteiger partial charge in [-0.3, -0.25) is 4.79 Å². The van der Waals surface area contributed by atoms with Gasteiger partial charge >= 0.3 is 5.97 Å². The van der Waals surface area contributed by atoms with Crippen LogP contribution in [-0.2, 0) is 9.53 Å². The maximum absolute atomic E-state index is 10.4. The van der Waals surface area contributed by atoms with E-state index >= 15 is 0 Å². The molecular weight excluding hydrogens is 360 g/mol. The Morgan fingerprint density at radius 1 is 1.11 bits per heavy atom. The molecule has 1 saturated heterocycles. The zero-order valence-electron chi connectivity index (χ0n) is 16.6. The van der Waals surface area contributed by atoms with Crippen LogP contribution in [0.25, 0.3) is 0 Å². The van der Waals surface area contributed by atoms with E-state index in [4.69, 9.17) is 9.84 Å². The van der Waals surface area contributed by atoms with Crippen LogP contribution < -0.4 is 0 Å². The Morgan fingerprint density at radius 3 is 2.54 bits per heavy atom. The minimum absolute atomic E-state index is 0.0683. The number of carboxylic acids is 1. The van der Waals surface area contributed by atoms with Crippen LogP contribution in [0, 0.1) is 0 Å². The van der Waals surface area contributed by atoms with Gasteiger partial charge in [-0.15, -0.1) is 0 Å². The number of rotatable bonds is 13. The van der Waals surface area contributed by atoms with Crippen LogP contribution in [0.4, 0.5) is 0 Å². The minimum atomic E-state index is -0.849. The smallest absolute Gasteiger partial charge is 0.303 e. The molecule has 1 aliphatic heterocycles. The number of carboxylic acid groups (broad SMARTS) is 1. The summed E-state index contributed by atoms with van der Waals surface area (Å²) in [6.45, 7) is 2.08. The molecule has 158 valence electrons. The molecule has 4 N–H and O–H groups in total. The number of carbonyl (C=O) groups is 1. The first-order valence-corrected chi connectivity index (χ1v) is 9.98. The highest BCUT2D eigenvalue weighted by molar-refractivity contribution is 5.66. The first-order valence-electron chi connectivity index (χ1n) is 9.98. The zero-order valence-corrected chi connectivity index (χ0v) is 16.6. The van der Waals surface area contributed by atoms with Gasteiger partial charge in [0.05, 0.1) is 24.4 Å².